The van der Waals surface area contributed by atoms with E-state index < -0.39 is 5.97 Å². The van der Waals surface area contributed by atoms with Crippen molar-refractivity contribution >= 4 is 24.3 Å². The van der Waals surface area contributed by atoms with Crippen LogP contribution in [0.15, 0.2) is 24.3 Å². The highest BCUT2D eigenvalue weighted by Gasteiger charge is 2.22. The summed E-state index contributed by atoms with van der Waals surface area (Å²) < 4.78 is 0. The summed E-state index contributed by atoms with van der Waals surface area (Å²) in [6.07, 6.45) is 3.72. The molecular formula is C20H32ClN3O3. The number of benzene rings is 1. The Bertz CT molecular complexity index is 612. The molecule has 7 heteroatoms. The summed E-state index contributed by atoms with van der Waals surface area (Å²) in [5.41, 5.74) is 2.53. The first-order chi connectivity index (χ1) is 12.5. The van der Waals surface area contributed by atoms with Crippen LogP contribution in [0.3, 0.4) is 0 Å². The molecule has 0 aliphatic carbocycles. The van der Waals surface area contributed by atoms with E-state index in [-0.39, 0.29) is 30.9 Å². The molecule has 152 valence electrons. The maximum Gasteiger partial charge on any atom is 0.317 e. The predicted molar refractivity (Wildman–Crippen MR) is 109 cm³/mol. The predicted octanol–water partition coefficient (Wildman–Crippen LogP) is 1.95. The molecule has 2 rings (SSSR count). The fourth-order valence-corrected chi connectivity index (χ4v) is 3.57. The average molecular weight is 398 g/mol. The van der Waals surface area contributed by atoms with Crippen molar-refractivity contribution in [3.63, 3.8) is 0 Å². The zero-order chi connectivity index (χ0) is 18.9. The summed E-state index contributed by atoms with van der Waals surface area (Å²) >= 11 is 0. The van der Waals surface area contributed by atoms with Crippen molar-refractivity contribution in [2.24, 2.45) is 0 Å². The Kier molecular flexibility index (Phi) is 10.4. The highest BCUT2D eigenvalue weighted by molar-refractivity contribution is 5.85. The number of carbonyl (C=O) groups excluding carboxylic acids is 1. The van der Waals surface area contributed by atoms with Crippen molar-refractivity contribution in [1.29, 1.82) is 0 Å². The minimum atomic E-state index is -0.790. The number of carboxylic acid groups (broad SMARTS) is 1. The van der Waals surface area contributed by atoms with E-state index in [0.29, 0.717) is 13.1 Å². The zero-order valence-corrected chi connectivity index (χ0v) is 17.1. The van der Waals surface area contributed by atoms with Gasteiger partial charge >= 0.3 is 5.97 Å². The van der Waals surface area contributed by atoms with Crippen LogP contribution in [0, 0.1) is 6.92 Å². The van der Waals surface area contributed by atoms with Gasteiger partial charge in [0.15, 0.2) is 0 Å². The first-order valence-electron chi connectivity index (χ1n) is 9.41. The van der Waals surface area contributed by atoms with Crippen LogP contribution >= 0.6 is 12.4 Å². The van der Waals surface area contributed by atoms with Crippen molar-refractivity contribution < 1.29 is 14.7 Å². The van der Waals surface area contributed by atoms with Crippen LogP contribution in [-0.2, 0) is 16.0 Å². The van der Waals surface area contributed by atoms with Crippen molar-refractivity contribution in [2.45, 2.75) is 38.6 Å². The molecule has 0 radical (unpaired) electrons. The molecule has 1 saturated heterocycles. The number of likely N-dealkylation sites (N-methyl/N-ethyl adjacent to an activating group) is 1. The van der Waals surface area contributed by atoms with Gasteiger partial charge in [-0.2, -0.15) is 0 Å². The van der Waals surface area contributed by atoms with Crippen molar-refractivity contribution in [1.82, 2.24) is 15.1 Å². The summed E-state index contributed by atoms with van der Waals surface area (Å²) in [6.45, 7) is 4.96. The third-order valence-electron chi connectivity index (χ3n) is 5.14. The number of amides is 1. The van der Waals surface area contributed by atoms with Gasteiger partial charge in [0.25, 0.3) is 0 Å². The van der Waals surface area contributed by atoms with E-state index in [1.807, 2.05) is 24.1 Å². The van der Waals surface area contributed by atoms with Gasteiger partial charge in [0, 0.05) is 19.1 Å². The fourth-order valence-electron chi connectivity index (χ4n) is 3.57. The molecule has 1 atom stereocenters. The normalized spacial score (nSPS) is 17.8. The molecule has 1 fully saturated rings. The van der Waals surface area contributed by atoms with Crippen LogP contribution in [0.2, 0.25) is 0 Å². The third kappa shape index (κ3) is 8.28. The Hall–Kier alpha value is -1.63. The zero-order valence-electron chi connectivity index (χ0n) is 16.3. The Morgan fingerprint density at radius 3 is 2.70 bits per heavy atom. The quantitative estimate of drug-likeness (QED) is 0.701. The molecule has 1 aromatic carbocycles. The fraction of sp³-hybridized carbons (Fsp3) is 0.600. The topological polar surface area (TPSA) is 72.9 Å². The molecule has 2 N–H and O–H groups in total. The standard InChI is InChI=1S/C20H31N3O3.ClH/c1-16-6-3-4-7-17(16)9-11-21-19(24)14-23-12-5-8-18(10-13-23)22(2)15-20(25)26;/h3-4,6-7,18H,5,8-15H2,1-2H3,(H,21,24)(H,25,26);1H. The van der Waals surface area contributed by atoms with Crippen molar-refractivity contribution in [3.05, 3.63) is 35.4 Å². The van der Waals surface area contributed by atoms with Gasteiger partial charge in [-0.15, -0.1) is 12.4 Å². The first kappa shape index (κ1) is 23.4. The van der Waals surface area contributed by atoms with E-state index in [2.05, 4.69) is 29.3 Å². The van der Waals surface area contributed by atoms with Crippen LogP contribution in [0.1, 0.15) is 30.4 Å². The van der Waals surface area contributed by atoms with Gasteiger partial charge in [-0.25, -0.2) is 0 Å². The van der Waals surface area contributed by atoms with Crippen LogP contribution in [-0.4, -0.2) is 72.6 Å². The minimum absolute atomic E-state index is 0. The summed E-state index contributed by atoms with van der Waals surface area (Å²) in [5, 5.41) is 12.0. The second kappa shape index (κ2) is 12.0. The highest BCUT2D eigenvalue weighted by atomic mass is 35.5. The van der Waals surface area contributed by atoms with E-state index >= 15 is 0 Å². The number of nitrogens with zero attached hydrogens (tertiary/aromatic N) is 2. The molecule has 0 saturated carbocycles. The number of hydrogen-bond acceptors (Lipinski definition) is 4. The Morgan fingerprint density at radius 1 is 1.26 bits per heavy atom. The number of likely N-dealkylation sites (tertiary alicyclic amines) is 1. The molecule has 1 heterocycles. The molecule has 1 unspecified atom stereocenters. The molecule has 1 aromatic rings. The van der Waals surface area contributed by atoms with Crippen molar-refractivity contribution in [2.75, 3.05) is 39.8 Å². The Labute approximate surface area is 168 Å². The molecule has 1 aliphatic heterocycles. The Morgan fingerprint density at radius 2 is 2.00 bits per heavy atom. The second-order valence-electron chi connectivity index (χ2n) is 7.20. The summed E-state index contributed by atoms with van der Waals surface area (Å²) in [6, 6.07) is 8.52. The van der Waals surface area contributed by atoms with Gasteiger partial charge in [-0.3, -0.25) is 19.4 Å². The van der Waals surface area contributed by atoms with Crippen LogP contribution in [0.4, 0.5) is 0 Å². The summed E-state index contributed by atoms with van der Waals surface area (Å²) in [7, 11) is 1.87. The van der Waals surface area contributed by atoms with E-state index in [4.69, 9.17) is 5.11 Å². The number of rotatable bonds is 8. The van der Waals surface area contributed by atoms with E-state index in [1.54, 1.807) is 0 Å². The maximum atomic E-state index is 12.2. The number of carbonyl (C=O) groups is 2. The highest BCUT2D eigenvalue weighted by Crippen LogP contribution is 2.15. The largest absolute Gasteiger partial charge is 0.480 e. The average Bonchev–Trinajstić information content (AvgIpc) is 2.81. The lowest BCUT2D eigenvalue weighted by Gasteiger charge is -2.25. The molecule has 1 amide bonds. The van der Waals surface area contributed by atoms with Crippen LogP contribution in [0.5, 0.6) is 0 Å². The summed E-state index contributed by atoms with van der Waals surface area (Å²) in [5.74, 6) is -0.724. The SMILES string of the molecule is Cc1ccccc1CCNC(=O)CN1CCCC(N(C)CC(=O)O)CC1.Cl. The molecule has 0 spiro atoms. The lowest BCUT2D eigenvalue weighted by Crippen LogP contribution is -2.39. The molecule has 1 aliphatic rings. The number of halogens is 1. The smallest absolute Gasteiger partial charge is 0.317 e. The molecule has 0 bridgehead atoms. The number of hydrogen-bond donors (Lipinski definition) is 2. The van der Waals surface area contributed by atoms with Gasteiger partial charge < -0.3 is 10.4 Å². The number of carboxylic acids is 1. The van der Waals surface area contributed by atoms with Gasteiger partial charge in [-0.1, -0.05) is 24.3 Å². The van der Waals surface area contributed by atoms with Gasteiger partial charge in [0.05, 0.1) is 13.1 Å². The van der Waals surface area contributed by atoms with Crippen molar-refractivity contribution in [3.8, 4) is 0 Å². The number of nitrogens with one attached hydrogen (secondary N) is 1. The minimum Gasteiger partial charge on any atom is -0.480 e. The number of aryl methyl sites for hydroxylation is 1. The van der Waals surface area contributed by atoms with Gasteiger partial charge in [-0.05, 0) is 57.3 Å². The van der Waals surface area contributed by atoms with E-state index in [1.165, 1.54) is 11.1 Å². The van der Waals surface area contributed by atoms with Crippen LogP contribution < -0.4 is 5.32 Å². The van der Waals surface area contributed by atoms with E-state index in [0.717, 1.165) is 38.8 Å². The molecule has 27 heavy (non-hydrogen) atoms. The first-order valence-corrected chi connectivity index (χ1v) is 9.41. The lowest BCUT2D eigenvalue weighted by molar-refractivity contribution is -0.138. The van der Waals surface area contributed by atoms with Gasteiger partial charge in [0.1, 0.15) is 0 Å². The second-order valence-corrected chi connectivity index (χ2v) is 7.20. The lowest BCUT2D eigenvalue weighted by atomic mass is 10.1. The van der Waals surface area contributed by atoms with Gasteiger partial charge in [0.2, 0.25) is 5.91 Å². The molecular weight excluding hydrogens is 366 g/mol. The number of aliphatic carboxylic acids is 1. The molecule has 0 aromatic heterocycles. The van der Waals surface area contributed by atoms with Crippen LogP contribution in [0.25, 0.3) is 0 Å². The van der Waals surface area contributed by atoms with E-state index in [9.17, 15) is 9.59 Å². The maximum absolute atomic E-state index is 12.2. The monoisotopic (exact) mass is 397 g/mol. The Balaban J connectivity index is 0.00000364. The summed E-state index contributed by atoms with van der Waals surface area (Å²) in [4.78, 5) is 27.2. The third-order valence-corrected chi connectivity index (χ3v) is 5.14. The molecule has 6 nitrogen and oxygen atoms in total.